The molecule has 1 aromatic carbocycles. The predicted octanol–water partition coefficient (Wildman–Crippen LogP) is 2.97. The molecule has 1 heterocycles. The summed E-state index contributed by atoms with van der Waals surface area (Å²) in [6.07, 6.45) is 5.62. The van der Waals surface area contributed by atoms with Crippen LogP contribution < -0.4 is 4.57 Å². The number of hydrogen-bond acceptors (Lipinski definition) is 1. The van der Waals surface area contributed by atoms with Crippen molar-refractivity contribution in [3.05, 3.63) is 47.5 Å². The SMILES string of the molecule is Cc1cc(C)c(-n2cc[n+]([C@H](C(=O)O)C(C)C)c2)c(C)c1. The Balaban J connectivity index is 2.48. The zero-order chi connectivity index (χ0) is 15.7. The van der Waals surface area contributed by atoms with Crippen LogP contribution in [0.3, 0.4) is 0 Å². The van der Waals surface area contributed by atoms with Crippen molar-refractivity contribution in [1.82, 2.24) is 4.57 Å². The molecule has 2 aromatic rings. The number of carbonyl (C=O) groups is 1. The van der Waals surface area contributed by atoms with Crippen LogP contribution in [0.4, 0.5) is 0 Å². The molecule has 21 heavy (non-hydrogen) atoms. The molecule has 0 saturated carbocycles. The second kappa shape index (κ2) is 5.72. The third-order valence-electron chi connectivity index (χ3n) is 3.76. The van der Waals surface area contributed by atoms with E-state index in [0.29, 0.717) is 0 Å². The average molecular weight is 287 g/mol. The number of aliphatic carboxylic acids is 1. The molecule has 112 valence electrons. The van der Waals surface area contributed by atoms with Crippen LogP contribution in [0, 0.1) is 26.7 Å². The molecule has 1 aromatic heterocycles. The number of aromatic nitrogens is 2. The van der Waals surface area contributed by atoms with Crippen LogP contribution in [0.15, 0.2) is 30.9 Å². The number of carboxylic acid groups (broad SMARTS) is 1. The molecule has 0 aliphatic heterocycles. The number of imidazole rings is 1. The highest BCUT2D eigenvalue weighted by Crippen LogP contribution is 2.21. The number of nitrogens with zero attached hydrogens (tertiary/aromatic N) is 2. The largest absolute Gasteiger partial charge is 0.478 e. The topological polar surface area (TPSA) is 46.1 Å². The van der Waals surface area contributed by atoms with Gasteiger partial charge in [0, 0.05) is 5.92 Å². The van der Waals surface area contributed by atoms with Crippen molar-refractivity contribution < 1.29 is 14.5 Å². The van der Waals surface area contributed by atoms with Crippen LogP contribution in [0.2, 0.25) is 0 Å². The average Bonchev–Trinajstić information content (AvgIpc) is 2.75. The molecule has 0 bridgehead atoms. The number of benzene rings is 1. The summed E-state index contributed by atoms with van der Waals surface area (Å²) in [5.41, 5.74) is 4.73. The van der Waals surface area contributed by atoms with E-state index in [9.17, 15) is 9.90 Å². The smallest absolute Gasteiger partial charge is 0.349 e. The van der Waals surface area contributed by atoms with Crippen LogP contribution >= 0.6 is 0 Å². The van der Waals surface area contributed by atoms with Crippen LogP contribution in [-0.4, -0.2) is 15.6 Å². The minimum atomic E-state index is -0.801. The van der Waals surface area contributed by atoms with Gasteiger partial charge in [0.05, 0.1) is 0 Å². The van der Waals surface area contributed by atoms with Gasteiger partial charge in [0.15, 0.2) is 6.04 Å². The van der Waals surface area contributed by atoms with Crippen molar-refractivity contribution >= 4 is 5.97 Å². The van der Waals surface area contributed by atoms with Crippen LogP contribution in [0.5, 0.6) is 0 Å². The molecular weight excluding hydrogens is 264 g/mol. The molecular formula is C17H23N2O2+. The molecule has 0 spiro atoms. The fourth-order valence-electron chi connectivity index (χ4n) is 3.00. The van der Waals surface area contributed by atoms with E-state index in [-0.39, 0.29) is 5.92 Å². The molecule has 4 nitrogen and oxygen atoms in total. The Hall–Kier alpha value is -2.10. The quantitative estimate of drug-likeness (QED) is 0.879. The van der Waals surface area contributed by atoms with Gasteiger partial charge in [0.2, 0.25) is 6.33 Å². The van der Waals surface area contributed by atoms with E-state index in [0.717, 1.165) is 5.69 Å². The monoisotopic (exact) mass is 287 g/mol. The molecule has 0 aliphatic carbocycles. The minimum Gasteiger partial charge on any atom is -0.478 e. The van der Waals surface area contributed by atoms with E-state index in [1.807, 2.05) is 37.1 Å². The molecule has 0 unspecified atom stereocenters. The summed E-state index contributed by atoms with van der Waals surface area (Å²) in [5, 5.41) is 9.39. The first-order chi connectivity index (χ1) is 9.81. The lowest BCUT2D eigenvalue weighted by molar-refractivity contribution is -0.715. The first-order valence-corrected chi connectivity index (χ1v) is 7.21. The number of aryl methyl sites for hydroxylation is 3. The van der Waals surface area contributed by atoms with Gasteiger partial charge in [-0.15, -0.1) is 0 Å². The maximum absolute atomic E-state index is 11.4. The Morgan fingerprint density at radius 2 is 1.76 bits per heavy atom. The van der Waals surface area contributed by atoms with Crippen molar-refractivity contribution in [3.63, 3.8) is 0 Å². The third-order valence-corrected chi connectivity index (χ3v) is 3.76. The zero-order valence-corrected chi connectivity index (χ0v) is 13.3. The molecule has 0 saturated heterocycles. The minimum absolute atomic E-state index is 0.0311. The summed E-state index contributed by atoms with van der Waals surface area (Å²) in [5.74, 6) is -0.770. The van der Waals surface area contributed by atoms with E-state index < -0.39 is 12.0 Å². The Kier molecular flexibility index (Phi) is 4.16. The van der Waals surface area contributed by atoms with Crippen molar-refractivity contribution in [1.29, 1.82) is 0 Å². The number of rotatable bonds is 4. The second-order valence-electron chi connectivity index (χ2n) is 6.04. The van der Waals surface area contributed by atoms with E-state index in [1.165, 1.54) is 16.7 Å². The van der Waals surface area contributed by atoms with Gasteiger partial charge in [-0.2, -0.15) is 0 Å². The molecule has 0 fully saturated rings. The van der Waals surface area contributed by atoms with Crippen molar-refractivity contribution in [2.24, 2.45) is 5.92 Å². The van der Waals surface area contributed by atoms with Gasteiger partial charge in [0.1, 0.15) is 18.1 Å². The van der Waals surface area contributed by atoms with E-state index in [1.54, 1.807) is 4.57 Å². The van der Waals surface area contributed by atoms with Gasteiger partial charge in [-0.05, 0) is 31.9 Å². The van der Waals surface area contributed by atoms with Gasteiger partial charge in [-0.3, -0.25) is 0 Å². The molecule has 2 rings (SSSR count). The lowest BCUT2D eigenvalue weighted by Gasteiger charge is -2.12. The molecule has 0 amide bonds. The van der Waals surface area contributed by atoms with E-state index in [2.05, 4.69) is 32.9 Å². The summed E-state index contributed by atoms with van der Waals surface area (Å²) < 4.78 is 3.77. The Labute approximate surface area is 125 Å². The first kappa shape index (κ1) is 15.3. The summed E-state index contributed by atoms with van der Waals surface area (Å²) in [4.78, 5) is 11.4. The first-order valence-electron chi connectivity index (χ1n) is 7.21. The predicted molar refractivity (Wildman–Crippen MR) is 81.7 cm³/mol. The fourth-order valence-corrected chi connectivity index (χ4v) is 3.00. The maximum Gasteiger partial charge on any atom is 0.349 e. The molecule has 0 radical (unpaired) electrons. The zero-order valence-electron chi connectivity index (χ0n) is 13.3. The van der Waals surface area contributed by atoms with E-state index >= 15 is 0 Å². The van der Waals surface area contributed by atoms with Gasteiger partial charge < -0.3 is 5.11 Å². The lowest BCUT2D eigenvalue weighted by Crippen LogP contribution is -2.45. The van der Waals surface area contributed by atoms with E-state index in [4.69, 9.17) is 0 Å². The second-order valence-corrected chi connectivity index (χ2v) is 6.04. The highest BCUT2D eigenvalue weighted by molar-refractivity contribution is 5.70. The lowest BCUT2D eigenvalue weighted by atomic mass is 10.0. The Morgan fingerprint density at radius 3 is 2.24 bits per heavy atom. The summed E-state index contributed by atoms with van der Waals surface area (Å²) in [6.45, 7) is 10.1. The third kappa shape index (κ3) is 2.99. The Bertz CT molecular complexity index is 648. The highest BCUT2D eigenvalue weighted by Gasteiger charge is 2.28. The molecule has 1 N–H and O–H groups in total. The Morgan fingerprint density at radius 1 is 1.19 bits per heavy atom. The van der Waals surface area contributed by atoms with Crippen molar-refractivity contribution in [2.45, 2.75) is 40.7 Å². The van der Waals surface area contributed by atoms with Crippen molar-refractivity contribution in [2.75, 3.05) is 0 Å². The van der Waals surface area contributed by atoms with Crippen molar-refractivity contribution in [3.8, 4) is 5.69 Å². The van der Waals surface area contributed by atoms with Gasteiger partial charge >= 0.3 is 5.97 Å². The highest BCUT2D eigenvalue weighted by atomic mass is 16.4. The normalized spacial score (nSPS) is 12.7. The van der Waals surface area contributed by atoms with Crippen LogP contribution in [-0.2, 0) is 4.79 Å². The standard InChI is InChI=1S/C17H22N2O2/c1-11(2)15(17(20)21)18-6-7-19(10-18)16-13(4)8-12(3)9-14(16)5/h6-11,15H,1-5H3/p+1/t15-/m0/s1. The number of hydrogen-bond donors (Lipinski definition) is 1. The maximum atomic E-state index is 11.4. The fraction of sp³-hybridized carbons (Fsp3) is 0.412. The number of carboxylic acids is 1. The summed E-state index contributed by atoms with van der Waals surface area (Å²) in [7, 11) is 0. The molecule has 4 heteroatoms. The van der Waals surface area contributed by atoms with Gasteiger partial charge in [-0.1, -0.05) is 31.5 Å². The molecule has 0 aliphatic rings. The summed E-state index contributed by atoms with van der Waals surface area (Å²) >= 11 is 0. The van der Waals surface area contributed by atoms with Gasteiger partial charge in [-0.25, -0.2) is 13.9 Å². The summed E-state index contributed by atoms with van der Waals surface area (Å²) in [6, 6.07) is 3.74. The van der Waals surface area contributed by atoms with Gasteiger partial charge in [0.25, 0.3) is 0 Å². The van der Waals surface area contributed by atoms with Crippen LogP contribution in [0.1, 0.15) is 36.6 Å². The van der Waals surface area contributed by atoms with Crippen LogP contribution in [0.25, 0.3) is 5.69 Å². The molecule has 1 atom stereocenters.